The van der Waals surface area contributed by atoms with Gasteiger partial charge in [-0.2, -0.15) is 0 Å². The van der Waals surface area contributed by atoms with Crippen LogP contribution in [0.25, 0.3) is 0 Å². The van der Waals surface area contributed by atoms with Crippen LogP contribution in [0, 0.1) is 0 Å². The lowest BCUT2D eigenvalue weighted by molar-refractivity contribution is -0.119. The van der Waals surface area contributed by atoms with Crippen LogP contribution >= 0.6 is 11.6 Å². The van der Waals surface area contributed by atoms with Crippen LogP contribution in [0.4, 0.5) is 4.79 Å². The molecule has 10 heteroatoms. The molecule has 0 radical (unpaired) electrons. The van der Waals surface area contributed by atoms with Crippen molar-refractivity contribution in [2.45, 2.75) is 17.1 Å². The molecule has 1 aromatic carbocycles. The van der Waals surface area contributed by atoms with E-state index in [2.05, 4.69) is 0 Å². The normalized spacial score (nSPS) is 12.5. The van der Waals surface area contributed by atoms with E-state index in [1.54, 1.807) is 5.32 Å². The summed E-state index contributed by atoms with van der Waals surface area (Å²) in [5.74, 6) is -2.53. The molecule has 21 heavy (non-hydrogen) atoms. The second-order valence-electron chi connectivity index (χ2n) is 3.99. The number of carbonyl (C=O) groups is 3. The molecule has 0 saturated heterocycles. The van der Waals surface area contributed by atoms with E-state index in [0.29, 0.717) is 0 Å². The van der Waals surface area contributed by atoms with Gasteiger partial charge in [-0.25, -0.2) is 18.0 Å². The molecule has 0 aliphatic heterocycles. The number of primary amides is 1. The van der Waals surface area contributed by atoms with E-state index in [1.807, 2.05) is 0 Å². The lowest BCUT2D eigenvalue weighted by Crippen LogP contribution is -2.43. The minimum Gasteiger partial charge on any atom is -0.478 e. The third-order valence-electron chi connectivity index (χ3n) is 2.58. The number of imide groups is 1. The van der Waals surface area contributed by atoms with E-state index < -0.39 is 43.5 Å². The van der Waals surface area contributed by atoms with Gasteiger partial charge in [0.25, 0.3) is 0 Å². The molecule has 0 aliphatic carbocycles. The Bertz CT molecular complexity index is 715. The number of amides is 3. The highest BCUT2D eigenvalue weighted by Gasteiger charge is 2.31. The number of nitrogens with two attached hydrogens (primary N) is 1. The first-order valence-electron chi connectivity index (χ1n) is 5.44. The van der Waals surface area contributed by atoms with Crippen LogP contribution in [0.5, 0.6) is 0 Å². The number of rotatable bonds is 4. The van der Waals surface area contributed by atoms with Gasteiger partial charge in [0.05, 0.1) is 15.5 Å². The van der Waals surface area contributed by atoms with Crippen molar-refractivity contribution in [1.29, 1.82) is 0 Å². The Hall–Kier alpha value is -2.13. The van der Waals surface area contributed by atoms with Gasteiger partial charge in [-0.05, 0) is 25.1 Å². The summed E-state index contributed by atoms with van der Waals surface area (Å²) in [5, 5.41) is 8.77. The quantitative estimate of drug-likeness (QED) is 0.726. The van der Waals surface area contributed by atoms with Gasteiger partial charge in [0.1, 0.15) is 5.25 Å². The molecule has 1 rings (SSSR count). The molecular weight excluding hydrogens is 324 g/mol. The summed E-state index contributed by atoms with van der Waals surface area (Å²) in [7, 11) is -4.20. The van der Waals surface area contributed by atoms with Gasteiger partial charge in [0.15, 0.2) is 9.84 Å². The smallest absolute Gasteiger partial charge is 0.337 e. The predicted molar refractivity (Wildman–Crippen MR) is 72.8 cm³/mol. The van der Waals surface area contributed by atoms with Gasteiger partial charge in [0, 0.05) is 0 Å². The average Bonchev–Trinajstić information content (AvgIpc) is 2.36. The van der Waals surface area contributed by atoms with Gasteiger partial charge >= 0.3 is 12.0 Å². The molecule has 1 atom stereocenters. The molecule has 0 aliphatic rings. The zero-order chi connectivity index (χ0) is 16.4. The van der Waals surface area contributed by atoms with Crippen molar-refractivity contribution in [2.24, 2.45) is 5.73 Å². The van der Waals surface area contributed by atoms with Crippen molar-refractivity contribution in [3.8, 4) is 0 Å². The largest absolute Gasteiger partial charge is 0.478 e. The first-order chi connectivity index (χ1) is 9.57. The van der Waals surface area contributed by atoms with Crippen molar-refractivity contribution < 1.29 is 27.9 Å². The SMILES string of the molecule is CC(C(=O)NC(N)=O)S(=O)(=O)c1ccc(Cl)c(C(=O)O)c1. The Morgan fingerprint density at radius 1 is 1.33 bits per heavy atom. The number of carboxylic acid groups (broad SMARTS) is 1. The fourth-order valence-corrected chi connectivity index (χ4v) is 2.90. The van der Waals surface area contributed by atoms with Crippen LogP contribution in [0.2, 0.25) is 5.02 Å². The lowest BCUT2D eigenvalue weighted by atomic mass is 10.2. The molecule has 114 valence electrons. The Morgan fingerprint density at radius 3 is 2.38 bits per heavy atom. The highest BCUT2D eigenvalue weighted by molar-refractivity contribution is 7.92. The molecular formula is C11H11ClN2O6S. The van der Waals surface area contributed by atoms with Crippen molar-refractivity contribution >= 4 is 39.3 Å². The summed E-state index contributed by atoms with van der Waals surface area (Å²) in [6.45, 7) is 1.04. The van der Waals surface area contributed by atoms with Crippen molar-refractivity contribution in [3.05, 3.63) is 28.8 Å². The molecule has 0 spiro atoms. The molecule has 4 N–H and O–H groups in total. The number of halogens is 1. The maximum atomic E-state index is 12.2. The Balaban J connectivity index is 3.25. The van der Waals surface area contributed by atoms with Crippen LogP contribution in [0.15, 0.2) is 23.1 Å². The fraction of sp³-hybridized carbons (Fsp3) is 0.182. The molecule has 0 saturated carbocycles. The summed E-state index contributed by atoms with van der Waals surface area (Å²) >= 11 is 5.64. The molecule has 8 nitrogen and oxygen atoms in total. The maximum absolute atomic E-state index is 12.2. The maximum Gasteiger partial charge on any atom is 0.337 e. The van der Waals surface area contributed by atoms with Gasteiger partial charge in [0.2, 0.25) is 5.91 Å². The Morgan fingerprint density at radius 2 is 1.90 bits per heavy atom. The summed E-state index contributed by atoms with van der Waals surface area (Å²) in [6.07, 6.45) is 0. The zero-order valence-corrected chi connectivity index (χ0v) is 12.2. The molecule has 1 unspecified atom stereocenters. The second kappa shape index (κ2) is 6.10. The van der Waals surface area contributed by atoms with E-state index in [9.17, 15) is 22.8 Å². The summed E-state index contributed by atoms with van der Waals surface area (Å²) < 4.78 is 24.4. The van der Waals surface area contributed by atoms with Gasteiger partial charge in [-0.3, -0.25) is 10.1 Å². The van der Waals surface area contributed by atoms with E-state index in [-0.39, 0.29) is 5.02 Å². The Labute approximate surface area is 124 Å². The number of sulfone groups is 1. The monoisotopic (exact) mass is 334 g/mol. The molecule has 0 fully saturated rings. The second-order valence-corrected chi connectivity index (χ2v) is 6.66. The average molecular weight is 335 g/mol. The minimum absolute atomic E-state index is 0.143. The lowest BCUT2D eigenvalue weighted by Gasteiger charge is -2.12. The van der Waals surface area contributed by atoms with Gasteiger partial charge in [-0.1, -0.05) is 11.6 Å². The summed E-state index contributed by atoms with van der Waals surface area (Å²) in [6, 6.07) is 1.81. The predicted octanol–water partition coefficient (Wildman–Crippen LogP) is 0.395. The number of urea groups is 1. The molecule has 0 bridgehead atoms. The van der Waals surface area contributed by atoms with Crippen LogP contribution in [0.1, 0.15) is 17.3 Å². The number of hydrogen-bond donors (Lipinski definition) is 3. The number of benzene rings is 1. The zero-order valence-electron chi connectivity index (χ0n) is 10.7. The number of aromatic carboxylic acids is 1. The summed E-state index contributed by atoms with van der Waals surface area (Å²) in [4.78, 5) is 32.6. The van der Waals surface area contributed by atoms with Gasteiger partial charge in [-0.15, -0.1) is 0 Å². The number of nitrogens with one attached hydrogen (secondary N) is 1. The van der Waals surface area contributed by atoms with Crippen LogP contribution in [-0.2, 0) is 14.6 Å². The number of hydrogen-bond acceptors (Lipinski definition) is 5. The minimum atomic E-state index is -4.20. The van der Waals surface area contributed by atoms with E-state index in [4.69, 9.17) is 22.4 Å². The van der Waals surface area contributed by atoms with Gasteiger partial charge < -0.3 is 10.8 Å². The third kappa shape index (κ3) is 3.70. The first-order valence-corrected chi connectivity index (χ1v) is 7.37. The number of carbonyl (C=O) groups excluding carboxylic acids is 2. The standard InChI is InChI=1S/C11H11ClN2O6S/c1-5(9(15)14-11(13)18)21(19,20)6-2-3-8(12)7(4-6)10(16)17/h2-5H,1H3,(H,16,17)(H3,13,14,15,18). The van der Waals surface area contributed by atoms with Crippen molar-refractivity contribution in [2.75, 3.05) is 0 Å². The third-order valence-corrected chi connectivity index (χ3v) is 4.96. The van der Waals surface area contributed by atoms with Crippen LogP contribution in [-0.4, -0.2) is 36.7 Å². The molecule has 0 aromatic heterocycles. The van der Waals surface area contributed by atoms with E-state index in [1.165, 1.54) is 0 Å². The highest BCUT2D eigenvalue weighted by atomic mass is 35.5. The van der Waals surface area contributed by atoms with Crippen molar-refractivity contribution in [1.82, 2.24) is 5.32 Å². The van der Waals surface area contributed by atoms with Crippen LogP contribution < -0.4 is 11.1 Å². The summed E-state index contributed by atoms with van der Waals surface area (Å²) in [5.41, 5.74) is 4.32. The van der Waals surface area contributed by atoms with Crippen LogP contribution in [0.3, 0.4) is 0 Å². The fourth-order valence-electron chi connectivity index (χ4n) is 1.41. The molecule has 0 heterocycles. The number of carboxylic acids is 1. The Kier molecular flexibility index (Phi) is 4.92. The highest BCUT2D eigenvalue weighted by Crippen LogP contribution is 2.23. The van der Waals surface area contributed by atoms with E-state index in [0.717, 1.165) is 25.1 Å². The topological polar surface area (TPSA) is 144 Å². The van der Waals surface area contributed by atoms with E-state index >= 15 is 0 Å². The molecule has 1 aromatic rings. The first kappa shape index (κ1) is 16.9. The molecule has 3 amide bonds. The van der Waals surface area contributed by atoms with Crippen molar-refractivity contribution in [3.63, 3.8) is 0 Å².